The van der Waals surface area contributed by atoms with Crippen molar-refractivity contribution in [2.24, 2.45) is 12.8 Å². The second-order valence-corrected chi connectivity index (χ2v) is 6.02. The van der Waals surface area contributed by atoms with Gasteiger partial charge in [0, 0.05) is 25.0 Å². The molecule has 3 N–H and O–H groups in total. The number of hydrogen-bond acceptors (Lipinski definition) is 4. The normalized spacial score (nSPS) is 11.0. The predicted molar refractivity (Wildman–Crippen MR) is 79.6 cm³/mol. The molecule has 1 aromatic carbocycles. The molecule has 0 aliphatic carbocycles. The molecule has 0 atom stereocenters. The summed E-state index contributed by atoms with van der Waals surface area (Å²) in [7, 11) is -1.86. The number of nitrogens with one attached hydrogen (secondary N) is 1. The summed E-state index contributed by atoms with van der Waals surface area (Å²) in [5, 5.41) is 0. The molecule has 1 heterocycles. The Balaban J connectivity index is 2.26. The van der Waals surface area contributed by atoms with Crippen LogP contribution in [-0.4, -0.2) is 24.5 Å². The van der Waals surface area contributed by atoms with E-state index in [1.165, 1.54) is 6.07 Å². The van der Waals surface area contributed by atoms with Crippen molar-refractivity contribution in [3.8, 4) is 11.8 Å². The predicted octanol–water partition coefficient (Wildman–Crippen LogP) is 0.209. The zero-order chi connectivity index (χ0) is 15.3. The molecule has 2 aromatic rings. The van der Waals surface area contributed by atoms with Crippen LogP contribution in [0.25, 0.3) is 0 Å². The van der Waals surface area contributed by atoms with Crippen molar-refractivity contribution in [3.63, 3.8) is 0 Å². The van der Waals surface area contributed by atoms with Crippen LogP contribution in [0.5, 0.6) is 0 Å². The molecule has 0 saturated heterocycles. The first-order valence-corrected chi connectivity index (χ1v) is 7.77. The number of sulfonamides is 1. The second kappa shape index (κ2) is 6.54. The van der Waals surface area contributed by atoms with Crippen LogP contribution in [0, 0.1) is 11.8 Å². The molecular weight excluding hydrogens is 288 g/mol. The summed E-state index contributed by atoms with van der Waals surface area (Å²) in [6, 6.07) is 6.56. The Morgan fingerprint density at radius 1 is 1.38 bits per heavy atom. The number of aromatic nitrogens is 2. The Morgan fingerprint density at radius 3 is 2.81 bits per heavy atom. The number of hydrogen-bond donors (Lipinski definition) is 2. The molecule has 0 aliphatic rings. The summed E-state index contributed by atoms with van der Waals surface area (Å²) in [5.41, 5.74) is 5.75. The van der Waals surface area contributed by atoms with E-state index in [9.17, 15) is 8.42 Å². The molecule has 7 heteroatoms. The van der Waals surface area contributed by atoms with Gasteiger partial charge in [-0.1, -0.05) is 24.0 Å². The number of nitrogens with zero attached hydrogens (tertiary/aromatic N) is 2. The lowest BCUT2D eigenvalue weighted by Crippen LogP contribution is -2.25. The van der Waals surface area contributed by atoms with Gasteiger partial charge in [0.2, 0.25) is 10.0 Å². The highest BCUT2D eigenvalue weighted by molar-refractivity contribution is 7.89. The first kappa shape index (κ1) is 15.3. The van der Waals surface area contributed by atoms with Gasteiger partial charge in [0.1, 0.15) is 5.82 Å². The van der Waals surface area contributed by atoms with E-state index < -0.39 is 10.0 Å². The Morgan fingerprint density at radius 2 is 2.14 bits per heavy atom. The molecular formula is C14H16N4O2S. The summed E-state index contributed by atoms with van der Waals surface area (Å²) in [6.07, 6.45) is 3.37. The highest BCUT2D eigenvalue weighted by atomic mass is 32.2. The maximum Gasteiger partial charge on any atom is 0.242 e. The van der Waals surface area contributed by atoms with Crippen LogP contribution in [0.3, 0.4) is 0 Å². The van der Waals surface area contributed by atoms with E-state index in [1.807, 2.05) is 0 Å². The Kier molecular flexibility index (Phi) is 4.75. The number of imidazole rings is 1. The highest BCUT2D eigenvalue weighted by Gasteiger charge is 2.17. The Labute approximate surface area is 124 Å². The third-order valence-electron chi connectivity index (χ3n) is 2.84. The minimum Gasteiger partial charge on any atom is -0.337 e. The van der Waals surface area contributed by atoms with Gasteiger partial charge in [-0.15, -0.1) is 0 Å². The Bertz CT molecular complexity index is 785. The molecule has 2 rings (SSSR count). The average Bonchev–Trinajstić information content (AvgIpc) is 2.89. The summed E-state index contributed by atoms with van der Waals surface area (Å²) in [5.74, 6) is 6.06. The van der Waals surface area contributed by atoms with E-state index in [0.717, 1.165) is 0 Å². The van der Waals surface area contributed by atoms with Crippen molar-refractivity contribution < 1.29 is 8.42 Å². The molecule has 21 heavy (non-hydrogen) atoms. The van der Waals surface area contributed by atoms with Crippen molar-refractivity contribution in [2.75, 3.05) is 6.54 Å². The first-order valence-electron chi connectivity index (χ1n) is 6.28. The van der Waals surface area contributed by atoms with Crippen molar-refractivity contribution in [1.82, 2.24) is 14.3 Å². The second-order valence-electron chi connectivity index (χ2n) is 4.28. The molecule has 0 aliphatic heterocycles. The lowest BCUT2D eigenvalue weighted by atomic mass is 10.2. The molecule has 0 bridgehead atoms. The number of nitrogens with two attached hydrogens (primary N) is 1. The van der Waals surface area contributed by atoms with E-state index in [4.69, 9.17) is 5.73 Å². The van der Waals surface area contributed by atoms with Crippen LogP contribution in [0.4, 0.5) is 0 Å². The van der Waals surface area contributed by atoms with Crippen LogP contribution >= 0.6 is 0 Å². The third kappa shape index (κ3) is 3.70. The van der Waals surface area contributed by atoms with Gasteiger partial charge in [-0.2, -0.15) is 0 Å². The number of aryl methyl sites for hydroxylation is 1. The van der Waals surface area contributed by atoms with Gasteiger partial charge in [-0.05, 0) is 12.1 Å². The lowest BCUT2D eigenvalue weighted by molar-refractivity contribution is 0.577. The average molecular weight is 304 g/mol. The van der Waals surface area contributed by atoms with Gasteiger partial charge in [0.05, 0.1) is 18.0 Å². The molecule has 0 radical (unpaired) electrons. The molecule has 0 unspecified atom stereocenters. The van der Waals surface area contributed by atoms with E-state index in [0.29, 0.717) is 11.4 Å². The third-order valence-corrected chi connectivity index (χ3v) is 4.30. The summed E-state index contributed by atoms with van der Waals surface area (Å²) < 4.78 is 29.0. The summed E-state index contributed by atoms with van der Waals surface area (Å²) >= 11 is 0. The minimum atomic E-state index is -3.66. The first-order chi connectivity index (χ1) is 10.0. The van der Waals surface area contributed by atoms with Gasteiger partial charge >= 0.3 is 0 Å². The fourth-order valence-corrected chi connectivity index (χ4v) is 2.90. The van der Waals surface area contributed by atoms with Crippen molar-refractivity contribution in [2.45, 2.75) is 11.4 Å². The van der Waals surface area contributed by atoms with Gasteiger partial charge in [-0.25, -0.2) is 18.1 Å². The molecule has 6 nitrogen and oxygen atoms in total. The lowest BCUT2D eigenvalue weighted by Gasteiger charge is -2.08. The monoisotopic (exact) mass is 304 g/mol. The van der Waals surface area contributed by atoms with Crippen LogP contribution in [0.2, 0.25) is 0 Å². The topological polar surface area (TPSA) is 90.0 Å². The summed E-state index contributed by atoms with van der Waals surface area (Å²) in [4.78, 5) is 4.22. The standard InChI is InChI=1S/C14H16N4O2S/c1-18-10-9-16-14(18)11-17-21(19,20)13-7-3-2-5-12(13)6-4-8-15/h2-3,5,7,9-10,17H,8,11,15H2,1H3. The fraction of sp³-hybridized carbons (Fsp3) is 0.214. The molecule has 0 spiro atoms. The maximum atomic E-state index is 12.4. The Hall–Kier alpha value is -2.14. The number of benzene rings is 1. The van der Waals surface area contributed by atoms with E-state index >= 15 is 0 Å². The molecule has 0 saturated carbocycles. The summed E-state index contributed by atoms with van der Waals surface area (Å²) in [6.45, 7) is 0.291. The van der Waals surface area contributed by atoms with Gasteiger partial charge in [-0.3, -0.25) is 0 Å². The molecule has 0 amide bonds. The molecule has 0 fully saturated rings. The van der Waals surface area contributed by atoms with E-state index in [2.05, 4.69) is 21.5 Å². The number of rotatable bonds is 4. The molecule has 110 valence electrons. The zero-order valence-electron chi connectivity index (χ0n) is 11.6. The van der Waals surface area contributed by atoms with Gasteiger partial charge in [0.25, 0.3) is 0 Å². The van der Waals surface area contributed by atoms with Crippen LogP contribution in [0.15, 0.2) is 41.6 Å². The quantitative estimate of drug-likeness (QED) is 0.790. The van der Waals surface area contributed by atoms with Gasteiger partial charge < -0.3 is 10.3 Å². The van der Waals surface area contributed by atoms with Crippen LogP contribution in [0.1, 0.15) is 11.4 Å². The van der Waals surface area contributed by atoms with E-state index in [1.54, 1.807) is 42.2 Å². The smallest absolute Gasteiger partial charge is 0.242 e. The maximum absolute atomic E-state index is 12.4. The SMILES string of the molecule is Cn1ccnc1CNS(=O)(=O)c1ccccc1C#CCN. The molecule has 1 aromatic heterocycles. The van der Waals surface area contributed by atoms with E-state index in [-0.39, 0.29) is 18.0 Å². The largest absolute Gasteiger partial charge is 0.337 e. The van der Waals surface area contributed by atoms with Gasteiger partial charge in [0.15, 0.2) is 0 Å². The van der Waals surface area contributed by atoms with Crippen molar-refractivity contribution in [1.29, 1.82) is 0 Å². The van der Waals surface area contributed by atoms with Crippen LogP contribution in [-0.2, 0) is 23.6 Å². The highest BCUT2D eigenvalue weighted by Crippen LogP contribution is 2.14. The van der Waals surface area contributed by atoms with Crippen molar-refractivity contribution in [3.05, 3.63) is 48.0 Å². The van der Waals surface area contributed by atoms with Crippen molar-refractivity contribution >= 4 is 10.0 Å². The fourth-order valence-electron chi connectivity index (χ4n) is 1.75. The zero-order valence-corrected chi connectivity index (χ0v) is 12.4. The van der Waals surface area contributed by atoms with Crippen LogP contribution < -0.4 is 10.5 Å². The minimum absolute atomic E-state index is 0.116.